The molecular formula is C12H15ClN4OS. The number of H-pyrrole nitrogens is 1. The van der Waals surface area contributed by atoms with Gasteiger partial charge in [-0.2, -0.15) is 0 Å². The van der Waals surface area contributed by atoms with Crippen LogP contribution in [0, 0.1) is 0 Å². The van der Waals surface area contributed by atoms with Crippen molar-refractivity contribution in [2.45, 2.75) is 36.5 Å². The molecule has 3 N–H and O–H groups in total. The molecule has 0 aliphatic carbocycles. The van der Waals surface area contributed by atoms with Gasteiger partial charge in [0.15, 0.2) is 5.16 Å². The van der Waals surface area contributed by atoms with Crippen LogP contribution in [0.2, 0.25) is 5.02 Å². The Morgan fingerprint density at radius 2 is 2.26 bits per heavy atom. The van der Waals surface area contributed by atoms with Gasteiger partial charge in [0.25, 0.3) is 0 Å². The quantitative estimate of drug-likeness (QED) is 0.909. The van der Waals surface area contributed by atoms with E-state index in [-0.39, 0.29) is 11.7 Å². The molecule has 2 aromatic rings. The molecule has 0 bridgehead atoms. The maximum absolute atomic E-state index is 11.6. The van der Waals surface area contributed by atoms with Gasteiger partial charge in [0.1, 0.15) is 0 Å². The van der Waals surface area contributed by atoms with Gasteiger partial charge in [-0.1, -0.05) is 17.7 Å². The fourth-order valence-electron chi connectivity index (χ4n) is 1.67. The molecule has 1 heterocycles. The Balaban J connectivity index is 2.34. The number of nitrogens with zero attached hydrogens (tertiary/aromatic N) is 2. The predicted molar refractivity (Wildman–Crippen MR) is 76.7 cm³/mol. The van der Waals surface area contributed by atoms with Crippen LogP contribution in [0.4, 0.5) is 0 Å². The van der Waals surface area contributed by atoms with Crippen LogP contribution in [0.1, 0.15) is 25.5 Å². The fraction of sp³-hybridized carbons (Fsp3) is 0.333. The summed E-state index contributed by atoms with van der Waals surface area (Å²) in [5.41, 5.74) is 6.31. The van der Waals surface area contributed by atoms with Crippen LogP contribution in [0.3, 0.4) is 0 Å². The van der Waals surface area contributed by atoms with Crippen molar-refractivity contribution in [1.82, 2.24) is 14.8 Å². The number of aromatic amines is 1. The highest BCUT2D eigenvalue weighted by Crippen LogP contribution is 2.32. The molecule has 7 heteroatoms. The molecule has 1 aromatic heterocycles. The summed E-state index contributed by atoms with van der Waals surface area (Å²) < 4.78 is 1.60. The average molecular weight is 299 g/mol. The number of hydrogen-bond acceptors (Lipinski definition) is 4. The molecular weight excluding hydrogens is 284 g/mol. The summed E-state index contributed by atoms with van der Waals surface area (Å²) in [6.07, 6.45) is 0. The van der Waals surface area contributed by atoms with Gasteiger partial charge in [-0.25, -0.2) is 9.89 Å². The zero-order valence-electron chi connectivity index (χ0n) is 10.7. The topological polar surface area (TPSA) is 76.7 Å². The molecule has 0 fully saturated rings. The normalized spacial score (nSPS) is 11.2. The Bertz CT molecular complexity index is 635. The van der Waals surface area contributed by atoms with Crippen molar-refractivity contribution in [3.05, 3.63) is 39.3 Å². The first kappa shape index (κ1) is 14.2. The van der Waals surface area contributed by atoms with Crippen LogP contribution in [0.25, 0.3) is 0 Å². The molecule has 0 radical (unpaired) electrons. The van der Waals surface area contributed by atoms with E-state index in [0.29, 0.717) is 16.7 Å². The predicted octanol–water partition coefficient (Wildman–Crippen LogP) is 2.42. The third-order valence-electron chi connectivity index (χ3n) is 2.62. The molecule has 5 nitrogen and oxygen atoms in total. The van der Waals surface area contributed by atoms with E-state index in [0.717, 1.165) is 10.5 Å². The first-order chi connectivity index (χ1) is 9.02. The number of halogens is 1. The molecule has 0 unspecified atom stereocenters. The summed E-state index contributed by atoms with van der Waals surface area (Å²) in [7, 11) is 0. The van der Waals surface area contributed by atoms with E-state index in [4.69, 9.17) is 17.3 Å². The van der Waals surface area contributed by atoms with Crippen LogP contribution in [0.15, 0.2) is 33.0 Å². The van der Waals surface area contributed by atoms with Crippen molar-refractivity contribution >= 4 is 23.4 Å². The zero-order chi connectivity index (χ0) is 14.0. The van der Waals surface area contributed by atoms with E-state index in [2.05, 4.69) is 10.2 Å². The summed E-state index contributed by atoms with van der Waals surface area (Å²) in [6.45, 7) is 4.31. The third-order valence-corrected chi connectivity index (χ3v) is 4.09. The number of nitrogens with one attached hydrogen (secondary N) is 1. The Labute approximate surface area is 120 Å². The summed E-state index contributed by atoms with van der Waals surface area (Å²) in [5, 5.41) is 7.68. The molecule has 19 heavy (non-hydrogen) atoms. The first-order valence-corrected chi connectivity index (χ1v) is 7.05. The van der Waals surface area contributed by atoms with Crippen molar-refractivity contribution in [2.24, 2.45) is 5.73 Å². The van der Waals surface area contributed by atoms with E-state index in [1.807, 2.05) is 32.0 Å². The number of benzene rings is 1. The van der Waals surface area contributed by atoms with E-state index in [1.54, 1.807) is 4.57 Å². The Morgan fingerprint density at radius 1 is 1.53 bits per heavy atom. The first-order valence-electron chi connectivity index (χ1n) is 5.86. The van der Waals surface area contributed by atoms with Gasteiger partial charge in [-0.15, -0.1) is 5.10 Å². The minimum absolute atomic E-state index is 0.0378. The summed E-state index contributed by atoms with van der Waals surface area (Å²) in [5.74, 6) is 0. The number of nitrogens with two attached hydrogens (primary N) is 1. The van der Waals surface area contributed by atoms with Crippen molar-refractivity contribution in [3.63, 3.8) is 0 Å². The lowest BCUT2D eigenvalue weighted by Gasteiger charge is -2.09. The number of rotatable bonds is 4. The third kappa shape index (κ3) is 3.02. The molecule has 102 valence electrons. The molecule has 1 aromatic carbocycles. The van der Waals surface area contributed by atoms with Crippen LogP contribution in [-0.2, 0) is 6.54 Å². The molecule has 0 aliphatic heterocycles. The maximum Gasteiger partial charge on any atom is 0.344 e. The van der Waals surface area contributed by atoms with E-state index in [1.165, 1.54) is 11.8 Å². The van der Waals surface area contributed by atoms with Crippen molar-refractivity contribution in [1.29, 1.82) is 0 Å². The summed E-state index contributed by atoms with van der Waals surface area (Å²) in [6, 6.07) is 5.67. The second-order valence-corrected chi connectivity index (χ2v) is 5.76. The Kier molecular flexibility index (Phi) is 4.34. The molecule has 0 aliphatic rings. The minimum Gasteiger partial charge on any atom is -0.326 e. The van der Waals surface area contributed by atoms with Gasteiger partial charge in [0, 0.05) is 17.5 Å². The largest absolute Gasteiger partial charge is 0.344 e. The molecule has 0 spiro atoms. The van der Waals surface area contributed by atoms with Gasteiger partial charge < -0.3 is 5.73 Å². The van der Waals surface area contributed by atoms with Crippen LogP contribution in [0.5, 0.6) is 0 Å². The fourth-order valence-corrected chi connectivity index (χ4v) is 2.96. The lowest BCUT2D eigenvalue weighted by molar-refractivity contribution is 0.534. The molecule has 0 saturated heterocycles. The van der Waals surface area contributed by atoms with Gasteiger partial charge in [-0.05, 0) is 43.3 Å². The van der Waals surface area contributed by atoms with E-state index >= 15 is 0 Å². The Hall–Kier alpha value is -1.24. The number of aromatic nitrogens is 3. The van der Waals surface area contributed by atoms with Gasteiger partial charge in [0.05, 0.1) is 5.02 Å². The SMILES string of the molecule is CC(C)n1c(Sc2ccc(CN)cc2Cl)n[nH]c1=O. The van der Waals surface area contributed by atoms with E-state index in [9.17, 15) is 4.79 Å². The standard InChI is InChI=1S/C12H15ClN4OS/c1-7(2)17-11(18)15-16-12(17)19-10-4-3-8(6-14)5-9(10)13/h3-5,7H,6,14H2,1-2H3,(H,15,18). The highest BCUT2D eigenvalue weighted by molar-refractivity contribution is 7.99. The molecule has 0 amide bonds. The molecule has 2 rings (SSSR count). The van der Waals surface area contributed by atoms with Gasteiger partial charge in [0.2, 0.25) is 0 Å². The monoisotopic (exact) mass is 298 g/mol. The number of hydrogen-bond donors (Lipinski definition) is 2. The van der Waals surface area contributed by atoms with Crippen LogP contribution < -0.4 is 11.4 Å². The lowest BCUT2D eigenvalue weighted by atomic mass is 10.2. The van der Waals surface area contributed by atoms with E-state index < -0.39 is 0 Å². The van der Waals surface area contributed by atoms with Crippen molar-refractivity contribution < 1.29 is 0 Å². The summed E-state index contributed by atoms with van der Waals surface area (Å²) in [4.78, 5) is 12.5. The smallest absolute Gasteiger partial charge is 0.326 e. The maximum atomic E-state index is 11.6. The lowest BCUT2D eigenvalue weighted by Crippen LogP contribution is -2.19. The van der Waals surface area contributed by atoms with Crippen LogP contribution >= 0.6 is 23.4 Å². The van der Waals surface area contributed by atoms with Crippen LogP contribution in [-0.4, -0.2) is 14.8 Å². The average Bonchev–Trinajstić information content (AvgIpc) is 2.73. The second-order valence-electron chi connectivity index (χ2n) is 4.35. The van der Waals surface area contributed by atoms with Gasteiger partial charge >= 0.3 is 5.69 Å². The van der Waals surface area contributed by atoms with Crippen molar-refractivity contribution in [2.75, 3.05) is 0 Å². The Morgan fingerprint density at radius 3 is 2.84 bits per heavy atom. The van der Waals surface area contributed by atoms with Crippen molar-refractivity contribution in [3.8, 4) is 0 Å². The molecule has 0 saturated carbocycles. The van der Waals surface area contributed by atoms with Gasteiger partial charge in [-0.3, -0.25) is 4.57 Å². The highest BCUT2D eigenvalue weighted by atomic mass is 35.5. The highest BCUT2D eigenvalue weighted by Gasteiger charge is 2.14. The molecule has 0 atom stereocenters. The zero-order valence-corrected chi connectivity index (χ0v) is 12.3. The summed E-state index contributed by atoms with van der Waals surface area (Å²) >= 11 is 7.55. The minimum atomic E-state index is -0.216. The second kappa shape index (κ2) is 5.81.